The lowest BCUT2D eigenvalue weighted by Crippen LogP contribution is -2.22. The minimum Gasteiger partial charge on any atom is -0.502 e. The van der Waals surface area contributed by atoms with Crippen LogP contribution in [0.2, 0.25) is 0 Å². The number of rotatable bonds is 7. The van der Waals surface area contributed by atoms with Crippen molar-refractivity contribution in [3.05, 3.63) is 94.3 Å². The van der Waals surface area contributed by atoms with Crippen molar-refractivity contribution in [1.82, 2.24) is 5.32 Å². The van der Waals surface area contributed by atoms with Crippen molar-refractivity contribution in [2.24, 2.45) is 0 Å². The van der Waals surface area contributed by atoms with Crippen LogP contribution in [0.4, 0.5) is 4.39 Å². The highest BCUT2D eigenvalue weighted by atomic mass is 19.1. The van der Waals surface area contributed by atoms with E-state index in [1.54, 1.807) is 18.2 Å². The zero-order valence-corrected chi connectivity index (χ0v) is 19.3. The van der Waals surface area contributed by atoms with E-state index in [0.29, 0.717) is 12.1 Å². The summed E-state index contributed by atoms with van der Waals surface area (Å²) in [5.41, 5.74) is 5.84. The Balaban J connectivity index is 1.68. The standard InChI is InChI=1S/C28H26FNO4/c1-17-22(11-19-12-25(33-2)28(32)26(13-19)34-3)21-10-9-20(29)14-24(21)23(17)15-27(31)30-16-18-7-5-4-6-8-18/h4-14,32H,15-16H2,1-3H3,(H,30,31)/b22-11-. The predicted octanol–water partition coefficient (Wildman–Crippen LogP) is 5.58. The number of nitrogens with one attached hydrogen (secondary N) is 1. The predicted molar refractivity (Wildman–Crippen MR) is 131 cm³/mol. The zero-order valence-electron chi connectivity index (χ0n) is 19.3. The molecule has 4 rings (SSSR count). The second-order valence-corrected chi connectivity index (χ2v) is 8.06. The van der Waals surface area contributed by atoms with Crippen LogP contribution in [0.5, 0.6) is 17.2 Å². The van der Waals surface area contributed by atoms with Gasteiger partial charge in [0.15, 0.2) is 11.5 Å². The van der Waals surface area contributed by atoms with Gasteiger partial charge in [0, 0.05) is 6.54 Å². The van der Waals surface area contributed by atoms with Crippen molar-refractivity contribution >= 4 is 23.1 Å². The molecular weight excluding hydrogens is 433 g/mol. The van der Waals surface area contributed by atoms with Crippen molar-refractivity contribution < 1.29 is 23.8 Å². The molecule has 0 saturated heterocycles. The van der Waals surface area contributed by atoms with Crippen LogP contribution in [0.15, 0.2) is 66.2 Å². The fourth-order valence-corrected chi connectivity index (χ4v) is 4.16. The van der Waals surface area contributed by atoms with Crippen LogP contribution in [0.25, 0.3) is 17.2 Å². The maximum atomic E-state index is 14.2. The SMILES string of the molecule is COc1cc(/C=C2/C(C)=C(CC(=O)NCc3ccccc3)c3cc(F)ccc32)cc(OC)c1O. The van der Waals surface area contributed by atoms with Gasteiger partial charge in [0.1, 0.15) is 5.82 Å². The number of methoxy groups -OCH3 is 2. The summed E-state index contributed by atoms with van der Waals surface area (Å²) in [5.74, 6) is -0.00831. The molecular formula is C28H26FNO4. The third-order valence-corrected chi connectivity index (χ3v) is 5.94. The quantitative estimate of drug-likeness (QED) is 0.484. The zero-order chi connectivity index (χ0) is 24.2. The molecule has 34 heavy (non-hydrogen) atoms. The second kappa shape index (κ2) is 9.83. The molecule has 6 heteroatoms. The Labute approximate surface area is 198 Å². The normalized spacial score (nSPS) is 13.7. The van der Waals surface area contributed by atoms with E-state index in [0.717, 1.165) is 33.4 Å². The summed E-state index contributed by atoms with van der Waals surface area (Å²) in [6.07, 6.45) is 2.06. The van der Waals surface area contributed by atoms with Gasteiger partial charge >= 0.3 is 0 Å². The molecule has 3 aromatic rings. The largest absolute Gasteiger partial charge is 0.502 e. The molecule has 0 bridgehead atoms. The van der Waals surface area contributed by atoms with Crippen molar-refractivity contribution in [2.45, 2.75) is 19.9 Å². The van der Waals surface area contributed by atoms with Crippen LogP contribution in [-0.4, -0.2) is 25.2 Å². The molecule has 1 aliphatic rings. The molecule has 0 atom stereocenters. The molecule has 0 spiro atoms. The Morgan fingerprint density at radius 3 is 2.32 bits per heavy atom. The van der Waals surface area contributed by atoms with Gasteiger partial charge in [-0.2, -0.15) is 0 Å². The summed E-state index contributed by atoms with van der Waals surface area (Å²) in [6, 6.07) is 17.7. The Morgan fingerprint density at radius 1 is 1.00 bits per heavy atom. The molecule has 2 N–H and O–H groups in total. The van der Waals surface area contributed by atoms with Gasteiger partial charge in [0.25, 0.3) is 0 Å². The van der Waals surface area contributed by atoms with Gasteiger partial charge in [-0.1, -0.05) is 36.4 Å². The van der Waals surface area contributed by atoms with Gasteiger partial charge in [-0.05, 0) is 76.2 Å². The summed E-state index contributed by atoms with van der Waals surface area (Å²) in [4.78, 5) is 12.8. The summed E-state index contributed by atoms with van der Waals surface area (Å²) < 4.78 is 24.7. The number of ether oxygens (including phenoxy) is 2. The molecule has 0 aromatic heterocycles. The number of hydrogen-bond donors (Lipinski definition) is 2. The van der Waals surface area contributed by atoms with E-state index in [1.807, 2.05) is 43.3 Å². The molecule has 0 unspecified atom stereocenters. The van der Waals surface area contributed by atoms with Gasteiger partial charge in [-0.25, -0.2) is 4.39 Å². The topological polar surface area (TPSA) is 67.8 Å². The average molecular weight is 460 g/mol. The number of phenolic OH excluding ortho intramolecular Hbond substituents is 1. The van der Waals surface area contributed by atoms with Crippen LogP contribution in [0.3, 0.4) is 0 Å². The van der Waals surface area contributed by atoms with Crippen LogP contribution in [0, 0.1) is 5.82 Å². The van der Waals surface area contributed by atoms with Gasteiger partial charge in [0.05, 0.1) is 20.6 Å². The smallest absolute Gasteiger partial charge is 0.224 e. The maximum Gasteiger partial charge on any atom is 0.224 e. The van der Waals surface area contributed by atoms with E-state index in [2.05, 4.69) is 5.32 Å². The van der Waals surface area contributed by atoms with Gasteiger partial charge in [0.2, 0.25) is 11.7 Å². The molecule has 0 aliphatic heterocycles. The number of phenols is 1. The molecule has 1 amide bonds. The minimum atomic E-state index is -0.358. The van der Waals surface area contributed by atoms with Crippen molar-refractivity contribution in [1.29, 1.82) is 0 Å². The summed E-state index contributed by atoms with van der Waals surface area (Å²) in [7, 11) is 2.94. The molecule has 174 valence electrons. The summed E-state index contributed by atoms with van der Waals surface area (Å²) >= 11 is 0. The van der Waals surface area contributed by atoms with E-state index in [4.69, 9.17) is 9.47 Å². The minimum absolute atomic E-state index is 0.0796. The van der Waals surface area contributed by atoms with Crippen molar-refractivity contribution in [3.63, 3.8) is 0 Å². The summed E-state index contributed by atoms with van der Waals surface area (Å²) in [6.45, 7) is 2.36. The van der Waals surface area contributed by atoms with E-state index in [9.17, 15) is 14.3 Å². The van der Waals surface area contributed by atoms with Gasteiger partial charge in [-0.3, -0.25) is 4.79 Å². The van der Waals surface area contributed by atoms with E-state index in [-0.39, 0.29) is 35.4 Å². The molecule has 0 heterocycles. The Kier molecular flexibility index (Phi) is 6.68. The van der Waals surface area contributed by atoms with Crippen LogP contribution in [-0.2, 0) is 11.3 Å². The molecule has 3 aromatic carbocycles. The highest BCUT2D eigenvalue weighted by molar-refractivity contribution is 6.08. The van der Waals surface area contributed by atoms with Crippen LogP contribution in [0.1, 0.15) is 35.6 Å². The lowest BCUT2D eigenvalue weighted by atomic mass is 10.00. The van der Waals surface area contributed by atoms with Gasteiger partial charge in [-0.15, -0.1) is 0 Å². The number of benzene rings is 3. The number of aromatic hydroxyl groups is 1. The lowest BCUT2D eigenvalue weighted by Gasteiger charge is -2.11. The number of allylic oxidation sites excluding steroid dienone is 2. The highest BCUT2D eigenvalue weighted by Crippen LogP contribution is 2.45. The second-order valence-electron chi connectivity index (χ2n) is 8.06. The first kappa shape index (κ1) is 23.1. The molecule has 0 fully saturated rings. The van der Waals surface area contributed by atoms with E-state index in [1.165, 1.54) is 26.4 Å². The fraction of sp³-hybridized carbons (Fsp3) is 0.179. The summed E-state index contributed by atoms with van der Waals surface area (Å²) in [5, 5.41) is 13.2. The number of fused-ring (bicyclic) bond motifs is 1. The van der Waals surface area contributed by atoms with Gasteiger partial charge < -0.3 is 19.9 Å². The first-order valence-electron chi connectivity index (χ1n) is 10.9. The molecule has 0 saturated carbocycles. The first-order chi connectivity index (χ1) is 16.4. The molecule has 5 nitrogen and oxygen atoms in total. The van der Waals surface area contributed by atoms with Crippen LogP contribution < -0.4 is 14.8 Å². The number of carbonyl (C=O) groups excluding carboxylic acids is 1. The van der Waals surface area contributed by atoms with E-state index >= 15 is 0 Å². The van der Waals surface area contributed by atoms with Crippen LogP contribution >= 0.6 is 0 Å². The number of carbonyl (C=O) groups is 1. The monoisotopic (exact) mass is 459 g/mol. The van der Waals surface area contributed by atoms with E-state index < -0.39 is 0 Å². The Morgan fingerprint density at radius 2 is 1.68 bits per heavy atom. The van der Waals surface area contributed by atoms with Crippen molar-refractivity contribution in [2.75, 3.05) is 14.2 Å². The Bertz CT molecular complexity index is 1270. The van der Waals surface area contributed by atoms with Crippen molar-refractivity contribution in [3.8, 4) is 17.2 Å². The third-order valence-electron chi connectivity index (χ3n) is 5.94. The Hall–Kier alpha value is -4.06. The number of hydrogen-bond acceptors (Lipinski definition) is 4. The highest BCUT2D eigenvalue weighted by Gasteiger charge is 2.26. The molecule has 1 aliphatic carbocycles. The fourth-order valence-electron chi connectivity index (χ4n) is 4.16. The first-order valence-corrected chi connectivity index (χ1v) is 10.9. The molecule has 0 radical (unpaired) electrons. The number of amides is 1. The maximum absolute atomic E-state index is 14.2. The third kappa shape index (κ3) is 4.66. The lowest BCUT2D eigenvalue weighted by molar-refractivity contribution is -0.120. The number of halogens is 1. The average Bonchev–Trinajstić information content (AvgIpc) is 3.09.